The van der Waals surface area contributed by atoms with Crippen LogP contribution in [0.5, 0.6) is 0 Å². The molecule has 1 amide bonds. The summed E-state index contributed by atoms with van der Waals surface area (Å²) in [5.41, 5.74) is 0.341. The summed E-state index contributed by atoms with van der Waals surface area (Å²) in [6.07, 6.45) is -0.792. The van der Waals surface area contributed by atoms with Crippen LogP contribution in [0, 0.1) is 6.92 Å². The zero-order chi connectivity index (χ0) is 23.8. The molecule has 1 aliphatic heterocycles. The van der Waals surface area contributed by atoms with Gasteiger partial charge in [0.05, 0.1) is 29.9 Å². The molecule has 4 rings (SSSR count). The number of rotatable bonds is 4. The number of H-pyrrole nitrogens is 3. The molecule has 8 nitrogen and oxygen atoms in total. The Hall–Kier alpha value is -3.63. The summed E-state index contributed by atoms with van der Waals surface area (Å²) in [5.74, 6) is -0.284. The lowest BCUT2D eigenvalue weighted by Crippen LogP contribution is -2.41. The number of carbonyl (C=O) groups is 1. The van der Waals surface area contributed by atoms with Crippen molar-refractivity contribution < 1.29 is 18.0 Å². The van der Waals surface area contributed by atoms with Crippen LogP contribution in [0.25, 0.3) is 11.1 Å². The number of halogens is 3. The summed E-state index contributed by atoms with van der Waals surface area (Å²) in [4.78, 5) is 43.1. The maximum atomic E-state index is 13.2. The average Bonchev–Trinajstić information content (AvgIpc) is 3.25. The predicted octanol–water partition coefficient (Wildman–Crippen LogP) is 3.08. The van der Waals surface area contributed by atoms with Crippen LogP contribution < -0.4 is 11.2 Å². The van der Waals surface area contributed by atoms with E-state index in [-0.39, 0.29) is 23.9 Å². The molecule has 3 aromatic rings. The Morgan fingerprint density at radius 1 is 1.15 bits per heavy atom. The van der Waals surface area contributed by atoms with Gasteiger partial charge < -0.3 is 9.88 Å². The van der Waals surface area contributed by atoms with E-state index in [1.165, 1.54) is 18.3 Å². The first kappa shape index (κ1) is 22.6. The van der Waals surface area contributed by atoms with Gasteiger partial charge in [0.2, 0.25) is 5.91 Å². The van der Waals surface area contributed by atoms with Crippen LogP contribution in [0.2, 0.25) is 0 Å². The van der Waals surface area contributed by atoms with E-state index in [0.29, 0.717) is 35.5 Å². The molecule has 3 N–H and O–H groups in total. The monoisotopic (exact) mass is 461 g/mol. The Labute approximate surface area is 185 Å². The third kappa shape index (κ3) is 4.62. The number of carbonyl (C=O) groups excluding carboxylic acids is 1. The third-order valence-corrected chi connectivity index (χ3v) is 5.93. The van der Waals surface area contributed by atoms with E-state index in [0.717, 1.165) is 25.0 Å². The highest BCUT2D eigenvalue weighted by atomic mass is 19.4. The second kappa shape index (κ2) is 8.72. The molecular formula is C22H22F3N5O3. The number of aromatic amines is 3. The molecule has 0 radical (unpaired) electrons. The van der Waals surface area contributed by atoms with E-state index in [2.05, 4.69) is 20.2 Å². The van der Waals surface area contributed by atoms with Crippen molar-refractivity contribution in [2.45, 2.75) is 44.8 Å². The lowest BCUT2D eigenvalue weighted by molar-refractivity contribution is -0.137. The number of amides is 1. The van der Waals surface area contributed by atoms with E-state index in [1.807, 2.05) is 0 Å². The SMILES string of the molecule is Cc1[nH]c(=O)[nH]c(=O)c1CC(=O)N1CCCCC1c1[nH]ncc1-c1ccc(C(F)(F)F)cc1. The molecule has 0 spiro atoms. The Balaban J connectivity index is 1.63. The highest BCUT2D eigenvalue weighted by molar-refractivity contribution is 5.80. The predicted molar refractivity (Wildman–Crippen MR) is 113 cm³/mol. The fourth-order valence-corrected chi connectivity index (χ4v) is 4.24. The number of piperidine rings is 1. The number of nitrogens with one attached hydrogen (secondary N) is 3. The zero-order valence-corrected chi connectivity index (χ0v) is 17.8. The molecule has 1 atom stereocenters. The van der Waals surface area contributed by atoms with Crippen LogP contribution >= 0.6 is 0 Å². The highest BCUT2D eigenvalue weighted by Crippen LogP contribution is 2.37. The van der Waals surface area contributed by atoms with Gasteiger partial charge in [-0.1, -0.05) is 12.1 Å². The van der Waals surface area contributed by atoms with Gasteiger partial charge in [-0.3, -0.25) is 19.7 Å². The van der Waals surface area contributed by atoms with Crippen molar-refractivity contribution in [1.82, 2.24) is 25.1 Å². The summed E-state index contributed by atoms with van der Waals surface area (Å²) in [6, 6.07) is 4.43. The van der Waals surface area contributed by atoms with E-state index in [4.69, 9.17) is 0 Å². The van der Waals surface area contributed by atoms with Crippen molar-refractivity contribution in [3.05, 3.63) is 73.8 Å². The summed E-state index contributed by atoms with van der Waals surface area (Å²) >= 11 is 0. The van der Waals surface area contributed by atoms with Crippen LogP contribution in [-0.2, 0) is 17.4 Å². The van der Waals surface area contributed by atoms with Gasteiger partial charge in [-0.05, 0) is 43.9 Å². The number of aryl methyl sites for hydroxylation is 1. The van der Waals surface area contributed by atoms with Crippen molar-refractivity contribution in [3.63, 3.8) is 0 Å². The molecule has 1 fully saturated rings. The molecular weight excluding hydrogens is 439 g/mol. The van der Waals surface area contributed by atoms with Crippen LogP contribution in [0.4, 0.5) is 13.2 Å². The molecule has 174 valence electrons. The number of nitrogens with zero attached hydrogens (tertiary/aromatic N) is 2. The van der Waals surface area contributed by atoms with Gasteiger partial charge in [-0.2, -0.15) is 18.3 Å². The number of alkyl halides is 3. The van der Waals surface area contributed by atoms with E-state index >= 15 is 0 Å². The van der Waals surface area contributed by atoms with E-state index in [9.17, 15) is 27.6 Å². The highest BCUT2D eigenvalue weighted by Gasteiger charge is 2.33. The molecule has 0 bridgehead atoms. The van der Waals surface area contributed by atoms with Crippen molar-refractivity contribution in [1.29, 1.82) is 0 Å². The molecule has 2 aromatic heterocycles. The normalized spacial score (nSPS) is 16.7. The third-order valence-electron chi connectivity index (χ3n) is 5.93. The van der Waals surface area contributed by atoms with Crippen molar-refractivity contribution in [3.8, 4) is 11.1 Å². The van der Waals surface area contributed by atoms with Gasteiger partial charge in [0.15, 0.2) is 0 Å². The van der Waals surface area contributed by atoms with E-state index in [1.54, 1.807) is 11.8 Å². The second-order valence-electron chi connectivity index (χ2n) is 8.06. The first-order valence-electron chi connectivity index (χ1n) is 10.5. The maximum absolute atomic E-state index is 13.2. The molecule has 11 heteroatoms. The zero-order valence-electron chi connectivity index (χ0n) is 17.8. The number of hydrogen-bond donors (Lipinski definition) is 3. The minimum Gasteiger partial charge on any atom is -0.334 e. The molecule has 33 heavy (non-hydrogen) atoms. The largest absolute Gasteiger partial charge is 0.416 e. The maximum Gasteiger partial charge on any atom is 0.416 e. The second-order valence-corrected chi connectivity index (χ2v) is 8.06. The minimum atomic E-state index is -4.43. The van der Waals surface area contributed by atoms with Crippen LogP contribution in [0.15, 0.2) is 40.1 Å². The van der Waals surface area contributed by atoms with Crippen LogP contribution in [0.3, 0.4) is 0 Å². The van der Waals surface area contributed by atoms with E-state index < -0.39 is 23.0 Å². The van der Waals surface area contributed by atoms with Gasteiger partial charge >= 0.3 is 11.9 Å². The molecule has 0 aliphatic carbocycles. The molecule has 1 saturated heterocycles. The number of aromatic nitrogens is 4. The molecule has 1 aromatic carbocycles. The summed E-state index contributed by atoms with van der Waals surface area (Å²) < 4.78 is 38.8. The van der Waals surface area contributed by atoms with Gasteiger partial charge in [0.25, 0.3) is 5.56 Å². The molecule has 1 unspecified atom stereocenters. The topological polar surface area (TPSA) is 115 Å². The summed E-state index contributed by atoms with van der Waals surface area (Å²) in [5, 5.41) is 7.00. The number of likely N-dealkylation sites (tertiary alicyclic amines) is 1. The Bertz CT molecular complexity index is 1270. The molecule has 3 heterocycles. The lowest BCUT2D eigenvalue weighted by Gasteiger charge is -2.36. The number of benzene rings is 1. The van der Waals surface area contributed by atoms with Gasteiger partial charge in [-0.15, -0.1) is 0 Å². The lowest BCUT2D eigenvalue weighted by atomic mass is 9.93. The van der Waals surface area contributed by atoms with Crippen molar-refractivity contribution in [2.75, 3.05) is 6.54 Å². The fraction of sp³-hybridized carbons (Fsp3) is 0.364. The Kier molecular flexibility index (Phi) is 5.96. The Morgan fingerprint density at radius 2 is 1.88 bits per heavy atom. The molecule has 0 saturated carbocycles. The minimum absolute atomic E-state index is 0.182. The van der Waals surface area contributed by atoms with Crippen LogP contribution in [0.1, 0.15) is 47.8 Å². The standard InChI is InChI=1S/C22H22F3N5O3/c1-12-15(20(32)28-21(33)27-12)10-18(31)30-9-3-2-4-17(30)19-16(11-26-29-19)13-5-7-14(8-6-13)22(23,24)25/h5-8,11,17H,2-4,9-10H2,1H3,(H,26,29)(H2,27,28,32,33). The first-order valence-corrected chi connectivity index (χ1v) is 10.5. The van der Waals surface area contributed by atoms with Crippen molar-refractivity contribution in [2.24, 2.45) is 0 Å². The fourth-order valence-electron chi connectivity index (χ4n) is 4.24. The number of hydrogen-bond acceptors (Lipinski definition) is 4. The van der Waals surface area contributed by atoms with Crippen molar-refractivity contribution >= 4 is 5.91 Å². The first-order chi connectivity index (χ1) is 15.6. The summed E-state index contributed by atoms with van der Waals surface area (Å²) in [6.45, 7) is 2.03. The van der Waals surface area contributed by atoms with Gasteiger partial charge in [-0.25, -0.2) is 4.79 Å². The van der Waals surface area contributed by atoms with Gasteiger partial charge in [0, 0.05) is 23.4 Å². The van der Waals surface area contributed by atoms with Gasteiger partial charge in [0.1, 0.15) is 0 Å². The van der Waals surface area contributed by atoms with Crippen LogP contribution in [-0.4, -0.2) is 37.5 Å². The average molecular weight is 461 g/mol. The quantitative estimate of drug-likeness (QED) is 0.554. The molecule has 1 aliphatic rings. The smallest absolute Gasteiger partial charge is 0.334 e. The Morgan fingerprint density at radius 3 is 2.55 bits per heavy atom. The summed E-state index contributed by atoms with van der Waals surface area (Å²) in [7, 11) is 0.